The first-order valence-corrected chi connectivity index (χ1v) is 8.16. The minimum atomic E-state index is 0.592. The highest BCUT2D eigenvalue weighted by Crippen LogP contribution is 2.21. The molecule has 3 rings (SSSR count). The molecule has 3 heteroatoms. The molecular formula is C19H25N3. The maximum atomic E-state index is 4.08. The molecule has 1 aromatic carbocycles. The lowest BCUT2D eigenvalue weighted by Gasteiger charge is -2.33. The number of rotatable bonds is 4. The van der Waals surface area contributed by atoms with Gasteiger partial charge in [-0.3, -0.25) is 9.88 Å². The normalized spacial score (nSPS) is 16.6. The van der Waals surface area contributed by atoms with Crippen LogP contribution in [0.15, 0.2) is 42.7 Å². The van der Waals surface area contributed by atoms with E-state index in [4.69, 9.17) is 0 Å². The van der Waals surface area contributed by atoms with Crippen molar-refractivity contribution in [3.63, 3.8) is 0 Å². The van der Waals surface area contributed by atoms with Crippen LogP contribution >= 0.6 is 0 Å². The van der Waals surface area contributed by atoms with E-state index in [2.05, 4.69) is 59.4 Å². The second kappa shape index (κ2) is 6.93. The molecule has 0 atom stereocenters. The van der Waals surface area contributed by atoms with Gasteiger partial charge in [0, 0.05) is 43.8 Å². The zero-order valence-corrected chi connectivity index (χ0v) is 13.5. The van der Waals surface area contributed by atoms with Gasteiger partial charge in [-0.2, -0.15) is 0 Å². The van der Waals surface area contributed by atoms with Gasteiger partial charge in [-0.1, -0.05) is 12.1 Å². The maximum Gasteiger partial charge on any atom is 0.0374 e. The molecule has 1 saturated heterocycles. The van der Waals surface area contributed by atoms with Gasteiger partial charge < -0.3 is 5.32 Å². The fourth-order valence-corrected chi connectivity index (χ4v) is 3.09. The number of aryl methyl sites for hydroxylation is 2. The average Bonchev–Trinajstić information content (AvgIpc) is 2.54. The second-order valence-electron chi connectivity index (χ2n) is 6.37. The van der Waals surface area contributed by atoms with Crippen molar-refractivity contribution in [2.75, 3.05) is 18.4 Å². The fourth-order valence-electron chi connectivity index (χ4n) is 3.09. The number of anilines is 1. The molecule has 1 aliphatic rings. The van der Waals surface area contributed by atoms with Crippen molar-refractivity contribution < 1.29 is 0 Å². The molecule has 0 saturated carbocycles. The molecule has 0 spiro atoms. The van der Waals surface area contributed by atoms with Gasteiger partial charge in [0.1, 0.15) is 0 Å². The van der Waals surface area contributed by atoms with Crippen LogP contribution in [0.3, 0.4) is 0 Å². The summed E-state index contributed by atoms with van der Waals surface area (Å²) in [6.45, 7) is 7.69. The van der Waals surface area contributed by atoms with Crippen molar-refractivity contribution in [1.29, 1.82) is 0 Å². The largest absolute Gasteiger partial charge is 0.382 e. The number of nitrogens with one attached hydrogen (secondary N) is 1. The molecule has 1 aliphatic heterocycles. The summed E-state index contributed by atoms with van der Waals surface area (Å²) in [5.74, 6) is 0. The molecule has 0 unspecified atom stereocenters. The van der Waals surface area contributed by atoms with Crippen LogP contribution in [0.2, 0.25) is 0 Å². The van der Waals surface area contributed by atoms with Crippen molar-refractivity contribution in [3.05, 3.63) is 59.4 Å². The SMILES string of the molecule is Cc1ccc(C)c(NC2CCN(Cc3ccncc3)CC2)c1. The van der Waals surface area contributed by atoms with Gasteiger partial charge >= 0.3 is 0 Å². The fraction of sp³-hybridized carbons (Fsp3) is 0.421. The Balaban J connectivity index is 1.52. The monoisotopic (exact) mass is 295 g/mol. The van der Waals surface area contributed by atoms with Crippen molar-refractivity contribution in [2.24, 2.45) is 0 Å². The number of nitrogens with zero attached hydrogens (tertiary/aromatic N) is 2. The number of hydrogen-bond acceptors (Lipinski definition) is 3. The van der Waals surface area contributed by atoms with E-state index in [0.717, 1.165) is 19.6 Å². The first-order valence-electron chi connectivity index (χ1n) is 8.16. The number of aromatic nitrogens is 1. The smallest absolute Gasteiger partial charge is 0.0374 e. The summed E-state index contributed by atoms with van der Waals surface area (Å²) in [6, 6.07) is 11.5. The number of hydrogen-bond donors (Lipinski definition) is 1. The van der Waals surface area contributed by atoms with Crippen LogP contribution in [0, 0.1) is 13.8 Å². The maximum absolute atomic E-state index is 4.08. The van der Waals surface area contributed by atoms with E-state index < -0.39 is 0 Å². The van der Waals surface area contributed by atoms with Gasteiger partial charge in [0.25, 0.3) is 0 Å². The molecule has 0 aliphatic carbocycles. The third-order valence-electron chi connectivity index (χ3n) is 4.50. The van der Waals surface area contributed by atoms with Crippen LogP contribution in [-0.4, -0.2) is 29.0 Å². The average molecular weight is 295 g/mol. The van der Waals surface area contributed by atoms with Crippen LogP contribution in [0.25, 0.3) is 0 Å². The van der Waals surface area contributed by atoms with E-state index in [1.54, 1.807) is 0 Å². The molecule has 0 bridgehead atoms. The molecule has 1 fully saturated rings. The predicted octanol–water partition coefficient (Wildman–Crippen LogP) is 3.77. The summed E-state index contributed by atoms with van der Waals surface area (Å²) in [6.07, 6.45) is 6.17. The predicted molar refractivity (Wildman–Crippen MR) is 92.1 cm³/mol. The second-order valence-corrected chi connectivity index (χ2v) is 6.37. The van der Waals surface area contributed by atoms with Crippen LogP contribution in [-0.2, 0) is 6.54 Å². The molecule has 0 amide bonds. The Hall–Kier alpha value is -1.87. The molecular weight excluding hydrogens is 270 g/mol. The van der Waals surface area contributed by atoms with E-state index in [1.807, 2.05) is 12.4 Å². The lowest BCUT2D eigenvalue weighted by molar-refractivity contribution is 0.211. The summed E-state index contributed by atoms with van der Waals surface area (Å²) in [7, 11) is 0. The van der Waals surface area contributed by atoms with Crippen molar-refractivity contribution >= 4 is 5.69 Å². The van der Waals surface area contributed by atoms with Crippen LogP contribution in [0.1, 0.15) is 29.5 Å². The zero-order valence-electron chi connectivity index (χ0n) is 13.5. The first kappa shape index (κ1) is 15.0. The quantitative estimate of drug-likeness (QED) is 0.930. The highest BCUT2D eigenvalue weighted by Gasteiger charge is 2.19. The number of piperidine rings is 1. The van der Waals surface area contributed by atoms with E-state index in [9.17, 15) is 0 Å². The Morgan fingerprint density at radius 1 is 1.09 bits per heavy atom. The third kappa shape index (κ3) is 3.86. The Morgan fingerprint density at radius 2 is 1.82 bits per heavy atom. The topological polar surface area (TPSA) is 28.2 Å². The molecule has 2 aromatic rings. The Kier molecular flexibility index (Phi) is 4.74. The van der Waals surface area contributed by atoms with Gasteiger partial charge in [-0.15, -0.1) is 0 Å². The number of benzene rings is 1. The van der Waals surface area contributed by atoms with Crippen LogP contribution in [0.5, 0.6) is 0 Å². The van der Waals surface area contributed by atoms with Crippen LogP contribution < -0.4 is 5.32 Å². The van der Waals surface area contributed by atoms with Gasteiger partial charge in [0.05, 0.1) is 0 Å². The molecule has 116 valence electrons. The highest BCUT2D eigenvalue weighted by atomic mass is 15.1. The molecule has 3 nitrogen and oxygen atoms in total. The van der Waals surface area contributed by atoms with Crippen molar-refractivity contribution in [1.82, 2.24) is 9.88 Å². The van der Waals surface area contributed by atoms with Gasteiger partial charge in [0.15, 0.2) is 0 Å². The standard InChI is InChI=1S/C19H25N3/c1-15-3-4-16(2)19(13-15)21-18-7-11-22(12-8-18)14-17-5-9-20-10-6-17/h3-6,9-10,13,18,21H,7-8,11-12,14H2,1-2H3. The molecule has 22 heavy (non-hydrogen) atoms. The molecule has 0 radical (unpaired) electrons. The summed E-state index contributed by atoms with van der Waals surface area (Å²) in [5, 5.41) is 3.74. The van der Waals surface area contributed by atoms with Gasteiger partial charge in [-0.05, 0) is 61.6 Å². The molecule has 1 aromatic heterocycles. The lowest BCUT2D eigenvalue weighted by Crippen LogP contribution is -2.38. The number of likely N-dealkylation sites (tertiary alicyclic amines) is 1. The van der Waals surface area contributed by atoms with E-state index in [0.29, 0.717) is 6.04 Å². The summed E-state index contributed by atoms with van der Waals surface area (Å²) >= 11 is 0. The molecule has 2 heterocycles. The Morgan fingerprint density at radius 3 is 2.55 bits per heavy atom. The van der Waals surface area contributed by atoms with Gasteiger partial charge in [0.2, 0.25) is 0 Å². The van der Waals surface area contributed by atoms with Gasteiger partial charge in [-0.25, -0.2) is 0 Å². The van der Waals surface area contributed by atoms with Crippen molar-refractivity contribution in [2.45, 2.75) is 39.3 Å². The minimum absolute atomic E-state index is 0.592. The summed E-state index contributed by atoms with van der Waals surface area (Å²) < 4.78 is 0. The zero-order chi connectivity index (χ0) is 15.4. The Bertz CT molecular complexity index is 601. The summed E-state index contributed by atoms with van der Waals surface area (Å²) in [5.41, 5.74) is 5.32. The lowest BCUT2D eigenvalue weighted by atomic mass is 10.0. The van der Waals surface area contributed by atoms with E-state index in [-0.39, 0.29) is 0 Å². The third-order valence-corrected chi connectivity index (χ3v) is 4.50. The molecule has 1 N–H and O–H groups in total. The minimum Gasteiger partial charge on any atom is -0.382 e. The van der Waals surface area contributed by atoms with Crippen molar-refractivity contribution in [3.8, 4) is 0 Å². The van der Waals surface area contributed by atoms with E-state index in [1.165, 1.54) is 35.2 Å². The first-order chi connectivity index (χ1) is 10.7. The highest BCUT2D eigenvalue weighted by molar-refractivity contribution is 5.53. The van der Waals surface area contributed by atoms with Crippen LogP contribution in [0.4, 0.5) is 5.69 Å². The van der Waals surface area contributed by atoms with E-state index >= 15 is 0 Å². The summed E-state index contributed by atoms with van der Waals surface area (Å²) in [4.78, 5) is 6.62. The Labute approximate surface area is 133 Å². The number of pyridine rings is 1.